The van der Waals surface area contributed by atoms with Crippen LogP contribution < -0.4 is 5.32 Å². The second-order valence-electron chi connectivity index (χ2n) is 5.04. The molecule has 6 heteroatoms. The van der Waals surface area contributed by atoms with Crippen LogP contribution in [0.1, 0.15) is 43.5 Å². The molecule has 0 aliphatic rings. The monoisotopic (exact) mass is 276 g/mol. The van der Waals surface area contributed by atoms with Crippen molar-refractivity contribution in [1.82, 2.24) is 29.9 Å². The van der Waals surface area contributed by atoms with E-state index in [-0.39, 0.29) is 6.04 Å². The number of nitrogens with zero attached hydrogens (tertiary/aromatic N) is 5. The minimum absolute atomic E-state index is 0.221. The second kappa shape index (κ2) is 6.65. The van der Waals surface area contributed by atoms with Gasteiger partial charge >= 0.3 is 0 Å². The average Bonchev–Trinajstić information content (AvgIpc) is 3.00. The molecule has 2 heterocycles. The number of aryl methyl sites for hydroxylation is 3. The van der Waals surface area contributed by atoms with Crippen molar-refractivity contribution in [2.24, 2.45) is 7.05 Å². The minimum Gasteiger partial charge on any atom is -0.308 e. The Bertz CT molecular complexity index is 542. The Labute approximate surface area is 120 Å². The summed E-state index contributed by atoms with van der Waals surface area (Å²) in [6.07, 6.45) is 3.53. The molecule has 0 saturated carbocycles. The largest absolute Gasteiger partial charge is 0.308 e. The smallest absolute Gasteiger partial charge is 0.138 e. The first-order valence-corrected chi connectivity index (χ1v) is 7.26. The van der Waals surface area contributed by atoms with Gasteiger partial charge in [-0.1, -0.05) is 6.92 Å². The second-order valence-corrected chi connectivity index (χ2v) is 5.04. The fourth-order valence-electron chi connectivity index (χ4n) is 2.39. The molecule has 2 aromatic rings. The van der Waals surface area contributed by atoms with Gasteiger partial charge in [-0.25, -0.2) is 4.98 Å². The van der Waals surface area contributed by atoms with Crippen LogP contribution in [0.25, 0.3) is 0 Å². The van der Waals surface area contributed by atoms with E-state index in [0.29, 0.717) is 0 Å². The zero-order valence-corrected chi connectivity index (χ0v) is 12.8. The highest BCUT2D eigenvalue weighted by Crippen LogP contribution is 2.18. The summed E-state index contributed by atoms with van der Waals surface area (Å²) in [5.41, 5.74) is 2.28. The van der Waals surface area contributed by atoms with Crippen LogP contribution in [0.15, 0.2) is 12.4 Å². The maximum Gasteiger partial charge on any atom is 0.138 e. The molecule has 20 heavy (non-hydrogen) atoms. The zero-order valence-electron chi connectivity index (χ0n) is 12.8. The summed E-state index contributed by atoms with van der Waals surface area (Å²) in [7, 11) is 1.93. The van der Waals surface area contributed by atoms with Gasteiger partial charge in [0.25, 0.3) is 0 Å². The predicted molar refractivity (Wildman–Crippen MR) is 78.4 cm³/mol. The lowest BCUT2D eigenvalue weighted by Crippen LogP contribution is -2.27. The first kappa shape index (κ1) is 14.7. The SMILES string of the molecule is CCCNC(Cc1ncnn1C)c1cc(C)nn1CC. The normalized spacial score (nSPS) is 12.8. The van der Waals surface area contributed by atoms with Crippen LogP contribution in [0.5, 0.6) is 0 Å². The highest BCUT2D eigenvalue weighted by atomic mass is 15.3. The number of hydrogen-bond donors (Lipinski definition) is 1. The fraction of sp³-hybridized carbons (Fsp3) is 0.643. The zero-order chi connectivity index (χ0) is 14.5. The molecular formula is C14H24N6. The minimum atomic E-state index is 0.221. The molecule has 110 valence electrons. The van der Waals surface area contributed by atoms with E-state index >= 15 is 0 Å². The molecule has 0 aromatic carbocycles. The summed E-state index contributed by atoms with van der Waals surface area (Å²) in [6, 6.07) is 2.38. The number of aromatic nitrogens is 5. The van der Waals surface area contributed by atoms with E-state index in [1.165, 1.54) is 5.69 Å². The Morgan fingerprint density at radius 3 is 2.75 bits per heavy atom. The molecule has 0 amide bonds. The Balaban J connectivity index is 2.24. The number of nitrogens with one attached hydrogen (secondary N) is 1. The van der Waals surface area contributed by atoms with E-state index in [0.717, 1.165) is 37.4 Å². The molecule has 1 unspecified atom stereocenters. The summed E-state index contributed by atoms with van der Waals surface area (Å²) in [5.74, 6) is 0.986. The summed E-state index contributed by atoms with van der Waals surface area (Å²) in [6.45, 7) is 8.20. The van der Waals surface area contributed by atoms with E-state index in [9.17, 15) is 0 Å². The topological polar surface area (TPSA) is 60.6 Å². The van der Waals surface area contributed by atoms with Gasteiger partial charge < -0.3 is 5.32 Å². The van der Waals surface area contributed by atoms with E-state index in [2.05, 4.69) is 45.1 Å². The quantitative estimate of drug-likeness (QED) is 0.835. The summed E-state index contributed by atoms with van der Waals surface area (Å²) in [4.78, 5) is 4.33. The van der Waals surface area contributed by atoms with Crippen LogP contribution in [0.2, 0.25) is 0 Å². The van der Waals surface area contributed by atoms with Crippen LogP contribution in [-0.4, -0.2) is 31.1 Å². The van der Waals surface area contributed by atoms with Crippen LogP contribution in [0.4, 0.5) is 0 Å². The highest BCUT2D eigenvalue weighted by Gasteiger charge is 2.19. The molecule has 1 N–H and O–H groups in total. The van der Waals surface area contributed by atoms with Gasteiger partial charge in [0.15, 0.2) is 0 Å². The third kappa shape index (κ3) is 3.25. The van der Waals surface area contributed by atoms with E-state index in [1.807, 2.05) is 18.7 Å². The van der Waals surface area contributed by atoms with Gasteiger partial charge in [0.05, 0.1) is 17.4 Å². The Morgan fingerprint density at radius 2 is 2.15 bits per heavy atom. The van der Waals surface area contributed by atoms with Crippen molar-refractivity contribution in [3.05, 3.63) is 29.6 Å². The molecule has 6 nitrogen and oxygen atoms in total. The standard InChI is InChI=1S/C14H24N6/c1-5-7-15-12(9-14-16-10-17-19(14)4)13-8-11(3)18-20(13)6-2/h8,10,12,15H,5-7,9H2,1-4H3. The van der Waals surface area contributed by atoms with E-state index in [4.69, 9.17) is 0 Å². The van der Waals surface area contributed by atoms with Crippen molar-refractivity contribution in [3.8, 4) is 0 Å². The summed E-state index contributed by atoms with van der Waals surface area (Å²) in [5, 5.41) is 12.3. The molecule has 0 fully saturated rings. The summed E-state index contributed by atoms with van der Waals surface area (Å²) >= 11 is 0. The third-order valence-electron chi connectivity index (χ3n) is 3.42. The molecule has 0 bridgehead atoms. The van der Waals surface area contributed by atoms with Gasteiger partial charge in [0.1, 0.15) is 12.2 Å². The van der Waals surface area contributed by atoms with Crippen LogP contribution in [0.3, 0.4) is 0 Å². The lowest BCUT2D eigenvalue weighted by molar-refractivity contribution is 0.464. The molecule has 0 radical (unpaired) electrons. The van der Waals surface area contributed by atoms with Gasteiger partial charge in [-0.05, 0) is 32.9 Å². The Kier molecular flexibility index (Phi) is 4.89. The van der Waals surface area contributed by atoms with Crippen molar-refractivity contribution in [2.45, 2.75) is 46.2 Å². The lowest BCUT2D eigenvalue weighted by Gasteiger charge is -2.19. The van der Waals surface area contributed by atoms with Crippen LogP contribution >= 0.6 is 0 Å². The van der Waals surface area contributed by atoms with Gasteiger partial charge in [-0.15, -0.1) is 0 Å². The predicted octanol–water partition coefficient (Wildman–Crippen LogP) is 1.62. The highest BCUT2D eigenvalue weighted by molar-refractivity contribution is 5.15. The lowest BCUT2D eigenvalue weighted by atomic mass is 10.1. The van der Waals surface area contributed by atoms with Gasteiger partial charge in [0, 0.05) is 20.0 Å². The third-order valence-corrected chi connectivity index (χ3v) is 3.42. The Hall–Kier alpha value is -1.69. The van der Waals surface area contributed by atoms with E-state index < -0.39 is 0 Å². The van der Waals surface area contributed by atoms with Crippen molar-refractivity contribution >= 4 is 0 Å². The van der Waals surface area contributed by atoms with Crippen molar-refractivity contribution in [1.29, 1.82) is 0 Å². The van der Waals surface area contributed by atoms with Crippen molar-refractivity contribution < 1.29 is 0 Å². The maximum absolute atomic E-state index is 4.54. The van der Waals surface area contributed by atoms with Gasteiger partial charge in [-0.3, -0.25) is 9.36 Å². The Morgan fingerprint density at radius 1 is 1.35 bits per heavy atom. The first-order valence-electron chi connectivity index (χ1n) is 7.26. The molecule has 1 atom stereocenters. The van der Waals surface area contributed by atoms with Crippen LogP contribution in [0, 0.1) is 6.92 Å². The first-order chi connectivity index (χ1) is 9.65. The average molecular weight is 276 g/mol. The summed E-state index contributed by atoms with van der Waals surface area (Å²) < 4.78 is 3.90. The molecule has 2 rings (SSSR count). The maximum atomic E-state index is 4.54. The fourth-order valence-corrected chi connectivity index (χ4v) is 2.39. The van der Waals surface area contributed by atoms with Gasteiger partial charge in [0.2, 0.25) is 0 Å². The molecule has 0 spiro atoms. The van der Waals surface area contributed by atoms with Crippen LogP contribution in [-0.2, 0) is 20.0 Å². The molecular weight excluding hydrogens is 252 g/mol. The number of rotatable bonds is 7. The number of hydrogen-bond acceptors (Lipinski definition) is 4. The van der Waals surface area contributed by atoms with Crippen molar-refractivity contribution in [3.63, 3.8) is 0 Å². The molecule has 2 aromatic heterocycles. The molecule has 0 aliphatic heterocycles. The molecule has 0 aliphatic carbocycles. The molecule has 0 saturated heterocycles. The van der Waals surface area contributed by atoms with E-state index in [1.54, 1.807) is 6.33 Å². The van der Waals surface area contributed by atoms with Gasteiger partial charge in [-0.2, -0.15) is 10.2 Å². The van der Waals surface area contributed by atoms with Crippen molar-refractivity contribution in [2.75, 3.05) is 6.54 Å².